The zero-order chi connectivity index (χ0) is 10.1. The molecule has 1 aliphatic heterocycles. The van der Waals surface area contributed by atoms with Gasteiger partial charge in [0.1, 0.15) is 5.37 Å². The molecule has 2 aromatic rings. The predicted molar refractivity (Wildman–Crippen MR) is 65.1 cm³/mol. The third kappa shape index (κ3) is 1.61. The lowest BCUT2D eigenvalue weighted by molar-refractivity contribution is 1.13. The van der Waals surface area contributed by atoms with Crippen molar-refractivity contribution in [2.75, 3.05) is 5.32 Å². The second kappa shape index (κ2) is 3.63. The Bertz CT molecular complexity index is 442. The lowest BCUT2D eigenvalue weighted by Crippen LogP contribution is -2.00. The van der Waals surface area contributed by atoms with E-state index in [0.717, 1.165) is 0 Å². The van der Waals surface area contributed by atoms with Gasteiger partial charge in [-0.1, -0.05) is 54.2 Å². The van der Waals surface area contributed by atoms with Crippen molar-refractivity contribution in [3.63, 3.8) is 0 Å². The molecule has 0 saturated carbocycles. The van der Waals surface area contributed by atoms with Gasteiger partial charge < -0.3 is 5.32 Å². The molecule has 15 heavy (non-hydrogen) atoms. The van der Waals surface area contributed by atoms with Crippen LogP contribution < -0.4 is 5.32 Å². The Hall–Kier alpha value is -1.41. The maximum atomic E-state index is 3.51. The molecule has 1 nitrogen and oxygen atoms in total. The van der Waals surface area contributed by atoms with Crippen molar-refractivity contribution in [1.82, 2.24) is 0 Å². The molecule has 0 saturated heterocycles. The molecule has 1 N–H and O–H groups in total. The van der Waals surface area contributed by atoms with E-state index in [1.165, 1.54) is 16.1 Å². The summed E-state index contributed by atoms with van der Waals surface area (Å²) in [6.07, 6.45) is 0. The van der Waals surface area contributed by atoms with Gasteiger partial charge in [0.05, 0.1) is 0 Å². The average Bonchev–Trinajstić information content (AvgIpc) is 2.74. The van der Waals surface area contributed by atoms with Crippen molar-refractivity contribution >= 4 is 17.4 Å². The largest absolute Gasteiger partial charge is 0.368 e. The fraction of sp³-hybridized carbons (Fsp3) is 0.0769. The molecule has 1 aliphatic rings. The molecule has 3 rings (SSSR count). The SMILES string of the molecule is c1ccc([C@@H]2Nc3ccccc3S2)cc1. The highest BCUT2D eigenvalue weighted by Gasteiger charge is 2.21. The van der Waals surface area contributed by atoms with Crippen LogP contribution in [0, 0.1) is 0 Å². The standard InChI is InChI=1S/C13H11NS/c1-2-6-10(7-3-1)13-14-11-8-4-5-9-12(11)15-13/h1-9,13-14H/t13-/m1/s1. The van der Waals surface area contributed by atoms with Crippen LogP contribution in [-0.4, -0.2) is 0 Å². The van der Waals surface area contributed by atoms with Gasteiger partial charge in [0, 0.05) is 10.6 Å². The third-order valence-electron chi connectivity index (χ3n) is 2.52. The molecule has 1 atom stereocenters. The van der Waals surface area contributed by atoms with E-state index >= 15 is 0 Å². The van der Waals surface area contributed by atoms with E-state index in [1.807, 2.05) is 11.8 Å². The first-order chi connectivity index (χ1) is 7.43. The minimum atomic E-state index is 0.364. The number of benzene rings is 2. The number of nitrogens with one attached hydrogen (secondary N) is 1. The second-order valence-electron chi connectivity index (χ2n) is 3.55. The zero-order valence-electron chi connectivity index (χ0n) is 8.18. The molecule has 0 aliphatic carbocycles. The fourth-order valence-corrected chi connectivity index (χ4v) is 2.91. The topological polar surface area (TPSA) is 12.0 Å². The van der Waals surface area contributed by atoms with Crippen molar-refractivity contribution < 1.29 is 0 Å². The zero-order valence-corrected chi connectivity index (χ0v) is 9.00. The summed E-state index contributed by atoms with van der Waals surface area (Å²) in [5.41, 5.74) is 2.58. The van der Waals surface area contributed by atoms with E-state index in [2.05, 4.69) is 59.9 Å². The fourth-order valence-electron chi connectivity index (χ4n) is 1.77. The van der Waals surface area contributed by atoms with E-state index in [0.29, 0.717) is 5.37 Å². The minimum absolute atomic E-state index is 0.364. The van der Waals surface area contributed by atoms with Crippen LogP contribution in [0.25, 0.3) is 0 Å². The molecular weight excluding hydrogens is 202 g/mol. The number of hydrogen-bond donors (Lipinski definition) is 1. The highest BCUT2D eigenvalue weighted by atomic mass is 32.2. The molecular formula is C13H11NS. The van der Waals surface area contributed by atoms with E-state index in [1.54, 1.807) is 0 Å². The van der Waals surface area contributed by atoms with Crippen LogP contribution in [-0.2, 0) is 0 Å². The molecule has 0 fully saturated rings. The maximum absolute atomic E-state index is 3.51. The first-order valence-corrected chi connectivity index (χ1v) is 5.88. The van der Waals surface area contributed by atoms with Crippen molar-refractivity contribution in [2.24, 2.45) is 0 Å². The van der Waals surface area contributed by atoms with Crippen molar-refractivity contribution in [3.8, 4) is 0 Å². The monoisotopic (exact) mass is 213 g/mol. The molecule has 2 heteroatoms. The summed E-state index contributed by atoms with van der Waals surface area (Å²) in [5, 5.41) is 3.88. The van der Waals surface area contributed by atoms with Crippen LogP contribution in [0.5, 0.6) is 0 Å². The van der Waals surface area contributed by atoms with Gasteiger partial charge in [-0.15, -0.1) is 0 Å². The average molecular weight is 213 g/mol. The van der Waals surface area contributed by atoms with Gasteiger partial charge in [0.15, 0.2) is 0 Å². The summed E-state index contributed by atoms with van der Waals surface area (Å²) >= 11 is 1.88. The van der Waals surface area contributed by atoms with Gasteiger partial charge in [-0.25, -0.2) is 0 Å². The molecule has 2 aromatic carbocycles. The number of anilines is 1. The van der Waals surface area contributed by atoms with Gasteiger partial charge in [-0.05, 0) is 17.7 Å². The van der Waals surface area contributed by atoms with Crippen LogP contribution in [0.3, 0.4) is 0 Å². The first kappa shape index (κ1) is 8.86. The molecule has 1 heterocycles. The van der Waals surface area contributed by atoms with E-state index in [-0.39, 0.29) is 0 Å². The summed E-state index contributed by atoms with van der Waals surface area (Å²) in [5.74, 6) is 0. The summed E-state index contributed by atoms with van der Waals surface area (Å²) in [7, 11) is 0. The Morgan fingerprint density at radius 3 is 2.40 bits per heavy atom. The first-order valence-electron chi connectivity index (χ1n) is 5.01. The third-order valence-corrected chi connectivity index (χ3v) is 3.76. The molecule has 74 valence electrons. The molecule has 0 spiro atoms. The molecule has 0 aromatic heterocycles. The van der Waals surface area contributed by atoms with E-state index < -0.39 is 0 Å². The number of fused-ring (bicyclic) bond motifs is 1. The summed E-state index contributed by atoms with van der Waals surface area (Å²) in [6, 6.07) is 19.0. The van der Waals surface area contributed by atoms with Gasteiger partial charge in [0.25, 0.3) is 0 Å². The lowest BCUT2D eigenvalue weighted by atomic mass is 10.2. The van der Waals surface area contributed by atoms with Gasteiger partial charge in [0.2, 0.25) is 0 Å². The number of thioether (sulfide) groups is 1. The maximum Gasteiger partial charge on any atom is 0.103 e. The minimum Gasteiger partial charge on any atom is -0.368 e. The highest BCUT2D eigenvalue weighted by molar-refractivity contribution is 8.00. The number of para-hydroxylation sites is 1. The smallest absolute Gasteiger partial charge is 0.103 e. The Balaban J connectivity index is 1.91. The Morgan fingerprint density at radius 2 is 1.60 bits per heavy atom. The van der Waals surface area contributed by atoms with E-state index in [4.69, 9.17) is 0 Å². The lowest BCUT2D eigenvalue weighted by Gasteiger charge is -2.09. The quantitative estimate of drug-likeness (QED) is 0.771. The van der Waals surface area contributed by atoms with Crippen molar-refractivity contribution in [2.45, 2.75) is 10.3 Å². The summed E-state index contributed by atoms with van der Waals surface area (Å²) in [6.45, 7) is 0. The van der Waals surface area contributed by atoms with E-state index in [9.17, 15) is 0 Å². The van der Waals surface area contributed by atoms with Gasteiger partial charge in [-0.2, -0.15) is 0 Å². The molecule has 0 amide bonds. The Morgan fingerprint density at radius 1 is 0.867 bits per heavy atom. The Labute approximate surface area is 93.5 Å². The summed E-state index contributed by atoms with van der Waals surface area (Å²) in [4.78, 5) is 1.34. The van der Waals surface area contributed by atoms with Crippen LogP contribution in [0.1, 0.15) is 10.9 Å². The second-order valence-corrected chi connectivity index (χ2v) is 4.70. The molecule has 0 bridgehead atoms. The summed E-state index contributed by atoms with van der Waals surface area (Å²) < 4.78 is 0. The highest BCUT2D eigenvalue weighted by Crippen LogP contribution is 2.45. The van der Waals surface area contributed by atoms with Gasteiger partial charge >= 0.3 is 0 Å². The molecule has 0 unspecified atom stereocenters. The predicted octanol–water partition coefficient (Wildman–Crippen LogP) is 3.90. The van der Waals surface area contributed by atoms with Crippen LogP contribution >= 0.6 is 11.8 Å². The normalized spacial score (nSPS) is 18.3. The Kier molecular flexibility index (Phi) is 2.14. The number of rotatable bonds is 1. The van der Waals surface area contributed by atoms with Crippen LogP contribution in [0.15, 0.2) is 59.5 Å². The van der Waals surface area contributed by atoms with Crippen LogP contribution in [0.2, 0.25) is 0 Å². The van der Waals surface area contributed by atoms with Crippen molar-refractivity contribution in [1.29, 1.82) is 0 Å². The number of hydrogen-bond acceptors (Lipinski definition) is 2. The van der Waals surface area contributed by atoms with Gasteiger partial charge in [-0.3, -0.25) is 0 Å². The van der Waals surface area contributed by atoms with Crippen LogP contribution in [0.4, 0.5) is 5.69 Å². The van der Waals surface area contributed by atoms with Crippen molar-refractivity contribution in [3.05, 3.63) is 60.2 Å². The molecule has 0 radical (unpaired) electrons.